The molecule has 0 aliphatic carbocycles. The van der Waals surface area contributed by atoms with Crippen molar-refractivity contribution in [2.45, 2.75) is 18.5 Å². The van der Waals surface area contributed by atoms with Gasteiger partial charge in [0.25, 0.3) is 5.91 Å². The van der Waals surface area contributed by atoms with Crippen LogP contribution in [0.15, 0.2) is 72.8 Å². The van der Waals surface area contributed by atoms with Crippen LogP contribution >= 0.6 is 0 Å². The van der Waals surface area contributed by atoms with Crippen LogP contribution in [0.25, 0.3) is 11.1 Å². The van der Waals surface area contributed by atoms with Crippen LogP contribution in [-0.4, -0.2) is 35.1 Å². The Morgan fingerprint density at radius 1 is 1.03 bits per heavy atom. The molecule has 3 aromatic rings. The van der Waals surface area contributed by atoms with E-state index in [0.717, 1.165) is 28.8 Å². The summed E-state index contributed by atoms with van der Waals surface area (Å²) in [6.45, 7) is 0.584. The molecule has 3 aromatic carbocycles. The molecule has 1 amide bonds. The van der Waals surface area contributed by atoms with Crippen molar-refractivity contribution in [1.82, 2.24) is 4.90 Å². The predicted molar refractivity (Wildman–Crippen MR) is 115 cm³/mol. The van der Waals surface area contributed by atoms with Gasteiger partial charge >= 0.3 is 0 Å². The van der Waals surface area contributed by atoms with Gasteiger partial charge in [-0.3, -0.25) is 4.79 Å². The molecule has 5 heteroatoms. The fourth-order valence-corrected chi connectivity index (χ4v) is 4.89. The number of anilines is 1. The first-order chi connectivity index (χ1) is 14.7. The van der Waals surface area contributed by atoms with Gasteiger partial charge in [-0.05, 0) is 53.4 Å². The third-order valence-electron chi connectivity index (χ3n) is 6.31. The normalized spacial score (nSPS) is 22.2. The van der Waals surface area contributed by atoms with Gasteiger partial charge in [0, 0.05) is 23.7 Å². The Hall–Kier alpha value is -3.18. The highest BCUT2D eigenvalue weighted by atomic mass is 19.1. The van der Waals surface area contributed by atoms with Crippen LogP contribution in [0.5, 0.6) is 0 Å². The number of nitrogens with one attached hydrogen (secondary N) is 1. The number of carbonyl (C=O) groups excluding carboxylic acids is 1. The topological polar surface area (TPSA) is 52.6 Å². The Bertz CT molecular complexity index is 1090. The summed E-state index contributed by atoms with van der Waals surface area (Å²) in [5.74, 6) is -0.482. The van der Waals surface area contributed by atoms with E-state index in [1.807, 2.05) is 29.2 Å². The zero-order valence-electron chi connectivity index (χ0n) is 16.5. The Morgan fingerprint density at radius 2 is 1.87 bits per heavy atom. The lowest BCUT2D eigenvalue weighted by Gasteiger charge is -2.39. The summed E-state index contributed by atoms with van der Waals surface area (Å²) in [7, 11) is 0. The van der Waals surface area contributed by atoms with Gasteiger partial charge in [-0.25, -0.2) is 4.39 Å². The Labute approximate surface area is 175 Å². The van der Waals surface area contributed by atoms with Crippen molar-refractivity contribution < 1.29 is 14.3 Å². The molecule has 30 heavy (non-hydrogen) atoms. The van der Waals surface area contributed by atoms with E-state index in [1.165, 1.54) is 12.1 Å². The van der Waals surface area contributed by atoms with E-state index in [1.54, 1.807) is 12.1 Å². The maximum Gasteiger partial charge on any atom is 0.254 e. The lowest BCUT2D eigenvalue weighted by molar-refractivity contribution is 0.0700. The molecule has 0 bridgehead atoms. The lowest BCUT2D eigenvalue weighted by atomic mass is 9.82. The van der Waals surface area contributed by atoms with Crippen molar-refractivity contribution in [3.05, 3.63) is 89.7 Å². The summed E-state index contributed by atoms with van der Waals surface area (Å²) in [5.41, 5.74) is 4.54. The summed E-state index contributed by atoms with van der Waals surface area (Å²) in [4.78, 5) is 15.1. The maximum atomic E-state index is 13.7. The summed E-state index contributed by atoms with van der Waals surface area (Å²) >= 11 is 0. The fourth-order valence-electron chi connectivity index (χ4n) is 4.89. The van der Waals surface area contributed by atoms with Crippen molar-refractivity contribution in [1.29, 1.82) is 0 Å². The zero-order chi connectivity index (χ0) is 20.7. The number of hydrogen-bond donors (Lipinski definition) is 2. The van der Waals surface area contributed by atoms with Gasteiger partial charge in [0.2, 0.25) is 0 Å². The van der Waals surface area contributed by atoms with Crippen molar-refractivity contribution in [2.24, 2.45) is 5.92 Å². The number of amides is 1. The van der Waals surface area contributed by atoms with Gasteiger partial charge in [-0.1, -0.05) is 42.5 Å². The molecule has 0 spiro atoms. The van der Waals surface area contributed by atoms with E-state index < -0.39 is 5.82 Å². The molecule has 3 atom stereocenters. The van der Waals surface area contributed by atoms with Gasteiger partial charge < -0.3 is 15.3 Å². The zero-order valence-corrected chi connectivity index (χ0v) is 16.5. The van der Waals surface area contributed by atoms with Crippen LogP contribution in [0.4, 0.5) is 10.1 Å². The quantitative estimate of drug-likeness (QED) is 0.679. The number of carbonyl (C=O) groups is 1. The molecule has 1 fully saturated rings. The number of likely N-dealkylation sites (tertiary alicyclic amines) is 1. The molecule has 2 heterocycles. The average molecular weight is 402 g/mol. The van der Waals surface area contributed by atoms with E-state index in [2.05, 4.69) is 29.6 Å². The van der Waals surface area contributed by atoms with E-state index in [-0.39, 0.29) is 30.5 Å². The number of aliphatic hydroxyl groups is 1. The molecular formula is C25H23FN2O2. The summed E-state index contributed by atoms with van der Waals surface area (Å²) in [5, 5.41) is 13.4. The molecule has 5 rings (SSSR count). The van der Waals surface area contributed by atoms with Crippen LogP contribution in [0.1, 0.15) is 28.4 Å². The number of halogens is 1. The molecule has 2 aliphatic heterocycles. The van der Waals surface area contributed by atoms with Gasteiger partial charge in [-0.2, -0.15) is 0 Å². The Morgan fingerprint density at radius 3 is 2.63 bits per heavy atom. The second-order valence-corrected chi connectivity index (χ2v) is 8.01. The van der Waals surface area contributed by atoms with Gasteiger partial charge in [0.1, 0.15) is 5.82 Å². The molecule has 0 unspecified atom stereocenters. The molecule has 0 saturated carbocycles. The Kier molecular flexibility index (Phi) is 4.75. The number of fused-ring (bicyclic) bond motifs is 3. The fraction of sp³-hybridized carbons (Fsp3) is 0.240. The third kappa shape index (κ3) is 3.15. The first kappa shape index (κ1) is 18.8. The highest BCUT2D eigenvalue weighted by Crippen LogP contribution is 2.47. The molecule has 0 radical (unpaired) electrons. The van der Waals surface area contributed by atoms with Crippen LogP contribution < -0.4 is 5.32 Å². The standard InChI is InChI=1S/C25H23FN2O2/c26-19-8-4-7-18(13-19)25(30)28-12-11-20-23(15-29)27-22-10-9-17(14-21(22)24(20)28)16-5-2-1-3-6-16/h1-10,13-14,20,23-24,27,29H,11-12,15H2/t20-,23+,24-/m1/s1. The molecule has 4 nitrogen and oxygen atoms in total. The molecule has 152 valence electrons. The minimum atomic E-state index is -0.415. The molecular weight excluding hydrogens is 379 g/mol. The number of rotatable bonds is 3. The summed E-state index contributed by atoms with van der Waals surface area (Å²) in [6, 6.07) is 21.9. The molecule has 2 N–H and O–H groups in total. The third-order valence-corrected chi connectivity index (χ3v) is 6.31. The molecule has 0 aromatic heterocycles. The highest BCUT2D eigenvalue weighted by molar-refractivity contribution is 5.95. The van der Waals surface area contributed by atoms with Crippen LogP contribution in [0, 0.1) is 11.7 Å². The summed E-state index contributed by atoms with van der Waals surface area (Å²) in [6.07, 6.45) is 0.791. The number of benzene rings is 3. The number of hydrogen-bond acceptors (Lipinski definition) is 3. The monoisotopic (exact) mass is 402 g/mol. The van der Waals surface area contributed by atoms with Gasteiger partial charge in [-0.15, -0.1) is 0 Å². The largest absolute Gasteiger partial charge is 0.394 e. The predicted octanol–water partition coefficient (Wildman–Crippen LogP) is 4.48. The van der Waals surface area contributed by atoms with Gasteiger partial charge in [0.15, 0.2) is 0 Å². The lowest BCUT2D eigenvalue weighted by Crippen LogP contribution is -2.42. The molecule has 1 saturated heterocycles. The van der Waals surface area contributed by atoms with Gasteiger partial charge in [0.05, 0.1) is 18.7 Å². The molecule has 2 aliphatic rings. The van der Waals surface area contributed by atoms with Crippen LogP contribution in [-0.2, 0) is 0 Å². The van der Waals surface area contributed by atoms with Crippen molar-refractivity contribution in [3.8, 4) is 11.1 Å². The SMILES string of the molecule is O=C(c1cccc(F)c1)N1CC[C@@H]2[C@H](CO)Nc3ccc(-c4ccccc4)cc3[C@@H]21. The summed E-state index contributed by atoms with van der Waals surface area (Å²) < 4.78 is 13.7. The van der Waals surface area contributed by atoms with E-state index >= 15 is 0 Å². The number of aliphatic hydroxyl groups excluding tert-OH is 1. The van der Waals surface area contributed by atoms with Crippen molar-refractivity contribution in [2.75, 3.05) is 18.5 Å². The van der Waals surface area contributed by atoms with E-state index in [4.69, 9.17) is 0 Å². The van der Waals surface area contributed by atoms with Crippen molar-refractivity contribution >= 4 is 11.6 Å². The first-order valence-corrected chi connectivity index (χ1v) is 10.3. The Balaban J connectivity index is 1.58. The van der Waals surface area contributed by atoms with Crippen molar-refractivity contribution in [3.63, 3.8) is 0 Å². The first-order valence-electron chi connectivity index (χ1n) is 10.3. The average Bonchev–Trinajstić information content (AvgIpc) is 3.24. The van der Waals surface area contributed by atoms with Crippen LogP contribution in [0.3, 0.4) is 0 Å². The minimum absolute atomic E-state index is 0.00301. The second kappa shape index (κ2) is 7.58. The number of nitrogens with zero attached hydrogens (tertiary/aromatic N) is 1. The maximum absolute atomic E-state index is 13.7. The minimum Gasteiger partial charge on any atom is -0.394 e. The second-order valence-electron chi connectivity index (χ2n) is 8.01. The van der Waals surface area contributed by atoms with E-state index in [0.29, 0.717) is 12.1 Å². The smallest absolute Gasteiger partial charge is 0.254 e. The van der Waals surface area contributed by atoms with E-state index in [9.17, 15) is 14.3 Å². The highest BCUT2D eigenvalue weighted by Gasteiger charge is 2.45. The van der Waals surface area contributed by atoms with Crippen LogP contribution in [0.2, 0.25) is 0 Å².